The molecule has 0 spiro atoms. The topological polar surface area (TPSA) is 40.6 Å². The Labute approximate surface area is 139 Å². The number of piperazine rings is 1. The van der Waals surface area contributed by atoms with Crippen LogP contribution >= 0.6 is 0 Å². The highest BCUT2D eigenvalue weighted by atomic mass is 16.2. The number of nitrogens with zero attached hydrogens (tertiary/aromatic N) is 2. The Morgan fingerprint density at radius 3 is 1.91 bits per heavy atom. The lowest BCUT2D eigenvalue weighted by molar-refractivity contribution is -0.137. The summed E-state index contributed by atoms with van der Waals surface area (Å²) >= 11 is 0. The SMILES string of the molecule is CC(C)c1ccc(C(C(=O)N2CCN(C=O)CC2)C(C)C)cc1. The van der Waals surface area contributed by atoms with Gasteiger partial charge in [-0.1, -0.05) is 52.0 Å². The van der Waals surface area contributed by atoms with E-state index in [9.17, 15) is 9.59 Å². The van der Waals surface area contributed by atoms with E-state index in [-0.39, 0.29) is 17.7 Å². The summed E-state index contributed by atoms with van der Waals surface area (Å²) in [5, 5.41) is 0. The van der Waals surface area contributed by atoms with Gasteiger partial charge in [-0.15, -0.1) is 0 Å². The zero-order chi connectivity index (χ0) is 17.0. The molecule has 1 aromatic rings. The lowest BCUT2D eigenvalue weighted by Gasteiger charge is -2.35. The normalized spacial score (nSPS) is 16.8. The lowest BCUT2D eigenvalue weighted by Crippen LogP contribution is -2.50. The van der Waals surface area contributed by atoms with Gasteiger partial charge in [0.25, 0.3) is 0 Å². The fourth-order valence-corrected chi connectivity index (χ4v) is 3.15. The van der Waals surface area contributed by atoms with Gasteiger partial charge in [0.2, 0.25) is 12.3 Å². The van der Waals surface area contributed by atoms with Crippen LogP contribution in [0.5, 0.6) is 0 Å². The molecule has 1 fully saturated rings. The Morgan fingerprint density at radius 2 is 1.48 bits per heavy atom. The van der Waals surface area contributed by atoms with Crippen molar-refractivity contribution in [1.82, 2.24) is 9.80 Å². The number of amides is 2. The van der Waals surface area contributed by atoms with Crippen LogP contribution in [0.15, 0.2) is 24.3 Å². The molecule has 1 aliphatic rings. The molecule has 126 valence electrons. The summed E-state index contributed by atoms with van der Waals surface area (Å²) in [6, 6.07) is 8.46. The summed E-state index contributed by atoms with van der Waals surface area (Å²) in [6.45, 7) is 11.1. The molecule has 1 aromatic carbocycles. The predicted molar refractivity (Wildman–Crippen MR) is 92.3 cm³/mol. The third-order valence-electron chi connectivity index (χ3n) is 4.67. The first-order chi connectivity index (χ1) is 10.9. The zero-order valence-electron chi connectivity index (χ0n) is 14.7. The highest BCUT2D eigenvalue weighted by Gasteiger charge is 2.30. The van der Waals surface area contributed by atoms with Crippen LogP contribution in [0.25, 0.3) is 0 Å². The molecule has 0 saturated carbocycles. The first kappa shape index (κ1) is 17.5. The fourth-order valence-electron chi connectivity index (χ4n) is 3.15. The van der Waals surface area contributed by atoms with Crippen molar-refractivity contribution in [2.75, 3.05) is 26.2 Å². The Kier molecular flexibility index (Phi) is 5.80. The van der Waals surface area contributed by atoms with Crippen molar-refractivity contribution in [3.05, 3.63) is 35.4 Å². The summed E-state index contributed by atoms with van der Waals surface area (Å²) < 4.78 is 0. The molecule has 2 rings (SSSR count). The quantitative estimate of drug-likeness (QED) is 0.784. The van der Waals surface area contributed by atoms with E-state index in [0.717, 1.165) is 12.0 Å². The van der Waals surface area contributed by atoms with Gasteiger partial charge in [-0.05, 0) is 23.0 Å². The number of carbonyl (C=O) groups is 2. The average molecular weight is 316 g/mol. The average Bonchev–Trinajstić information content (AvgIpc) is 2.55. The van der Waals surface area contributed by atoms with Gasteiger partial charge in [0.05, 0.1) is 5.92 Å². The Bertz CT molecular complexity index is 529. The minimum absolute atomic E-state index is 0.112. The van der Waals surface area contributed by atoms with E-state index in [0.29, 0.717) is 32.1 Å². The number of hydrogen-bond acceptors (Lipinski definition) is 2. The molecule has 1 atom stereocenters. The van der Waals surface area contributed by atoms with Crippen LogP contribution in [0.3, 0.4) is 0 Å². The van der Waals surface area contributed by atoms with Gasteiger partial charge in [0, 0.05) is 26.2 Å². The van der Waals surface area contributed by atoms with Gasteiger partial charge in [0.15, 0.2) is 0 Å². The molecule has 1 heterocycles. The lowest BCUT2D eigenvalue weighted by atomic mass is 9.86. The number of carbonyl (C=O) groups excluding carboxylic acids is 2. The van der Waals surface area contributed by atoms with Crippen LogP contribution in [-0.4, -0.2) is 48.3 Å². The summed E-state index contributed by atoms with van der Waals surface area (Å²) in [7, 11) is 0. The smallest absolute Gasteiger partial charge is 0.230 e. The van der Waals surface area contributed by atoms with Crippen molar-refractivity contribution >= 4 is 12.3 Å². The molecule has 2 amide bonds. The van der Waals surface area contributed by atoms with Gasteiger partial charge in [-0.2, -0.15) is 0 Å². The molecule has 0 N–H and O–H groups in total. The maximum atomic E-state index is 13.0. The molecular formula is C19H28N2O2. The van der Waals surface area contributed by atoms with Crippen molar-refractivity contribution in [2.24, 2.45) is 5.92 Å². The minimum Gasteiger partial charge on any atom is -0.342 e. The third-order valence-corrected chi connectivity index (χ3v) is 4.67. The summed E-state index contributed by atoms with van der Waals surface area (Å²) in [6.07, 6.45) is 0.867. The van der Waals surface area contributed by atoms with E-state index in [1.165, 1.54) is 5.56 Å². The zero-order valence-corrected chi connectivity index (χ0v) is 14.7. The Morgan fingerprint density at radius 1 is 0.957 bits per heavy atom. The molecule has 23 heavy (non-hydrogen) atoms. The summed E-state index contributed by atoms with van der Waals surface area (Å²) in [5.74, 6) is 0.812. The number of benzene rings is 1. The van der Waals surface area contributed by atoms with Gasteiger partial charge >= 0.3 is 0 Å². The maximum Gasteiger partial charge on any atom is 0.230 e. The summed E-state index contributed by atoms with van der Waals surface area (Å²) in [4.78, 5) is 27.4. The monoisotopic (exact) mass is 316 g/mol. The van der Waals surface area contributed by atoms with E-state index in [4.69, 9.17) is 0 Å². The first-order valence-corrected chi connectivity index (χ1v) is 8.52. The van der Waals surface area contributed by atoms with E-state index < -0.39 is 0 Å². The molecule has 0 bridgehead atoms. The van der Waals surface area contributed by atoms with Gasteiger partial charge in [-0.25, -0.2) is 0 Å². The van der Waals surface area contributed by atoms with Crippen molar-refractivity contribution in [3.8, 4) is 0 Å². The van der Waals surface area contributed by atoms with Crippen LogP contribution in [0.1, 0.15) is 50.7 Å². The molecule has 1 aliphatic heterocycles. The van der Waals surface area contributed by atoms with E-state index in [1.54, 1.807) is 4.90 Å². The standard InChI is InChI=1S/C19H28N2O2/c1-14(2)16-5-7-17(8-6-16)18(15(3)4)19(23)21-11-9-20(13-22)10-12-21/h5-8,13-15,18H,9-12H2,1-4H3. The number of rotatable bonds is 5. The van der Waals surface area contributed by atoms with Crippen LogP contribution in [0.2, 0.25) is 0 Å². The molecule has 0 aliphatic carbocycles. The number of hydrogen-bond donors (Lipinski definition) is 0. The van der Waals surface area contributed by atoms with Gasteiger partial charge < -0.3 is 9.80 Å². The molecule has 4 heteroatoms. The molecule has 4 nitrogen and oxygen atoms in total. The second kappa shape index (κ2) is 7.62. The van der Waals surface area contributed by atoms with E-state index in [1.807, 2.05) is 4.90 Å². The molecule has 0 aromatic heterocycles. The molecular weight excluding hydrogens is 288 g/mol. The Balaban J connectivity index is 2.14. The Hall–Kier alpha value is -1.84. The van der Waals surface area contributed by atoms with Crippen LogP contribution in [-0.2, 0) is 9.59 Å². The molecule has 0 radical (unpaired) electrons. The molecule has 1 unspecified atom stereocenters. The fraction of sp³-hybridized carbons (Fsp3) is 0.579. The van der Waals surface area contributed by atoms with Gasteiger partial charge in [-0.3, -0.25) is 9.59 Å². The van der Waals surface area contributed by atoms with Crippen molar-refractivity contribution < 1.29 is 9.59 Å². The predicted octanol–water partition coefficient (Wildman–Crippen LogP) is 2.85. The third kappa shape index (κ3) is 4.12. The largest absolute Gasteiger partial charge is 0.342 e. The van der Waals surface area contributed by atoms with Gasteiger partial charge in [0.1, 0.15) is 0 Å². The summed E-state index contributed by atoms with van der Waals surface area (Å²) in [5.41, 5.74) is 2.38. The van der Waals surface area contributed by atoms with Crippen molar-refractivity contribution in [1.29, 1.82) is 0 Å². The highest BCUT2D eigenvalue weighted by molar-refractivity contribution is 5.84. The van der Waals surface area contributed by atoms with E-state index >= 15 is 0 Å². The second-order valence-electron chi connectivity index (χ2n) is 7.01. The maximum absolute atomic E-state index is 13.0. The van der Waals surface area contributed by atoms with Crippen LogP contribution in [0.4, 0.5) is 0 Å². The minimum atomic E-state index is -0.112. The van der Waals surface area contributed by atoms with Crippen LogP contribution < -0.4 is 0 Å². The van der Waals surface area contributed by atoms with Crippen molar-refractivity contribution in [3.63, 3.8) is 0 Å². The first-order valence-electron chi connectivity index (χ1n) is 8.52. The second-order valence-corrected chi connectivity index (χ2v) is 7.01. The molecule has 1 saturated heterocycles. The van der Waals surface area contributed by atoms with E-state index in [2.05, 4.69) is 52.0 Å². The van der Waals surface area contributed by atoms with Crippen LogP contribution in [0, 0.1) is 5.92 Å². The highest BCUT2D eigenvalue weighted by Crippen LogP contribution is 2.28. The van der Waals surface area contributed by atoms with Crippen molar-refractivity contribution in [2.45, 2.75) is 39.5 Å².